The normalized spacial score (nSPS) is 23.0. The van der Waals surface area contributed by atoms with Crippen LogP contribution in [0.4, 0.5) is 0 Å². The number of thioether (sulfide) groups is 2. The molecule has 0 N–H and O–H groups in total. The molecule has 3 rings (SSSR count). The van der Waals surface area contributed by atoms with E-state index in [-0.39, 0.29) is 4.08 Å². The van der Waals surface area contributed by atoms with E-state index in [1.807, 2.05) is 30.4 Å². The fourth-order valence-electron chi connectivity index (χ4n) is 3.11. The van der Waals surface area contributed by atoms with Gasteiger partial charge in [-0.3, -0.25) is 4.68 Å². The average molecular weight is 348 g/mol. The molecule has 1 aromatic heterocycles. The Morgan fingerprint density at radius 1 is 1.14 bits per heavy atom. The average Bonchev–Trinajstić information content (AvgIpc) is 2.96. The van der Waals surface area contributed by atoms with Gasteiger partial charge in [0.05, 0.1) is 15.5 Å². The van der Waals surface area contributed by atoms with Crippen LogP contribution < -0.4 is 0 Å². The molecule has 1 spiro atoms. The van der Waals surface area contributed by atoms with E-state index in [0.717, 1.165) is 18.5 Å². The third-order valence-corrected chi connectivity index (χ3v) is 10.1. The number of aromatic nitrogens is 2. The van der Waals surface area contributed by atoms with Crippen LogP contribution in [0.15, 0.2) is 4.90 Å². The highest BCUT2D eigenvalue weighted by atomic mass is 32.2. The van der Waals surface area contributed by atoms with Crippen molar-refractivity contribution in [2.75, 3.05) is 24.6 Å². The summed E-state index contributed by atoms with van der Waals surface area (Å²) in [4.78, 5) is 0.396. The van der Waals surface area contributed by atoms with E-state index in [4.69, 9.17) is 0 Å². The molecule has 0 aromatic carbocycles. The molecule has 21 heavy (non-hydrogen) atoms. The van der Waals surface area contributed by atoms with Gasteiger partial charge >= 0.3 is 0 Å². The van der Waals surface area contributed by atoms with Crippen LogP contribution in [-0.4, -0.2) is 51.2 Å². The fourth-order valence-corrected chi connectivity index (χ4v) is 8.14. The van der Waals surface area contributed by atoms with E-state index in [1.165, 1.54) is 11.5 Å². The summed E-state index contributed by atoms with van der Waals surface area (Å²) in [5.74, 6) is 2.39. The van der Waals surface area contributed by atoms with Gasteiger partial charge in [-0.25, -0.2) is 8.42 Å². The van der Waals surface area contributed by atoms with Gasteiger partial charge in [-0.2, -0.15) is 9.40 Å². The monoisotopic (exact) mass is 347 g/mol. The predicted molar refractivity (Wildman–Crippen MR) is 88.3 cm³/mol. The summed E-state index contributed by atoms with van der Waals surface area (Å²) in [5.41, 5.74) is 1.32. The van der Waals surface area contributed by atoms with Gasteiger partial charge in [0.1, 0.15) is 4.90 Å². The maximum atomic E-state index is 12.9. The third-order valence-electron chi connectivity index (χ3n) is 4.34. The summed E-state index contributed by atoms with van der Waals surface area (Å²) < 4.78 is 29.4. The summed E-state index contributed by atoms with van der Waals surface area (Å²) in [6.07, 6.45) is 1.89. The summed E-state index contributed by atoms with van der Waals surface area (Å²) in [7, 11) is -1.63. The molecule has 2 fully saturated rings. The Hall–Kier alpha value is -0.180. The SMILES string of the molecule is Cc1nn(C)c(C)c1S(=O)(=O)N1CCC2(CC1)SCCS2. The summed E-state index contributed by atoms with van der Waals surface area (Å²) in [6.45, 7) is 4.83. The van der Waals surface area contributed by atoms with Crippen molar-refractivity contribution in [3.63, 3.8) is 0 Å². The van der Waals surface area contributed by atoms with E-state index >= 15 is 0 Å². The van der Waals surface area contributed by atoms with Crippen molar-refractivity contribution in [2.24, 2.45) is 7.05 Å². The highest BCUT2D eigenvalue weighted by Crippen LogP contribution is 2.51. The quantitative estimate of drug-likeness (QED) is 0.819. The van der Waals surface area contributed by atoms with Crippen LogP contribution in [0.5, 0.6) is 0 Å². The second-order valence-corrected chi connectivity index (χ2v) is 10.7. The van der Waals surface area contributed by atoms with Crippen LogP contribution in [0.1, 0.15) is 24.2 Å². The van der Waals surface area contributed by atoms with E-state index in [9.17, 15) is 8.42 Å². The van der Waals surface area contributed by atoms with Gasteiger partial charge in [0.15, 0.2) is 0 Å². The molecule has 0 unspecified atom stereocenters. The molecule has 118 valence electrons. The van der Waals surface area contributed by atoms with Crippen molar-refractivity contribution >= 4 is 33.5 Å². The van der Waals surface area contributed by atoms with Gasteiger partial charge in [0.25, 0.3) is 0 Å². The number of sulfonamides is 1. The number of aryl methyl sites for hydroxylation is 2. The third kappa shape index (κ3) is 2.64. The number of rotatable bonds is 2. The van der Waals surface area contributed by atoms with Crippen molar-refractivity contribution in [1.82, 2.24) is 14.1 Å². The summed E-state index contributed by atoms with van der Waals surface area (Å²) in [5, 5.41) is 4.25. The highest BCUT2D eigenvalue weighted by molar-refractivity contribution is 8.21. The van der Waals surface area contributed by atoms with Crippen LogP contribution in [-0.2, 0) is 17.1 Å². The van der Waals surface area contributed by atoms with Gasteiger partial charge in [-0.15, -0.1) is 23.5 Å². The first-order valence-electron chi connectivity index (χ1n) is 7.14. The topological polar surface area (TPSA) is 55.2 Å². The summed E-state index contributed by atoms with van der Waals surface area (Å²) in [6, 6.07) is 0. The Morgan fingerprint density at radius 3 is 2.19 bits per heavy atom. The zero-order valence-electron chi connectivity index (χ0n) is 12.6. The highest BCUT2D eigenvalue weighted by Gasteiger charge is 2.42. The minimum absolute atomic E-state index is 0.269. The first-order valence-corrected chi connectivity index (χ1v) is 10.6. The lowest BCUT2D eigenvalue weighted by Gasteiger charge is -2.37. The van der Waals surface area contributed by atoms with Crippen molar-refractivity contribution in [3.05, 3.63) is 11.4 Å². The van der Waals surface area contributed by atoms with Crippen LogP contribution >= 0.6 is 23.5 Å². The van der Waals surface area contributed by atoms with Gasteiger partial charge in [-0.1, -0.05) is 0 Å². The van der Waals surface area contributed by atoms with E-state index in [1.54, 1.807) is 23.0 Å². The van der Waals surface area contributed by atoms with Crippen molar-refractivity contribution in [2.45, 2.75) is 35.7 Å². The molecule has 2 aliphatic rings. The molecule has 1 aromatic rings. The molecule has 3 heterocycles. The van der Waals surface area contributed by atoms with Gasteiger partial charge < -0.3 is 0 Å². The lowest BCUT2D eigenvalue weighted by Crippen LogP contribution is -2.43. The molecule has 0 radical (unpaired) electrons. The minimum atomic E-state index is -3.42. The maximum Gasteiger partial charge on any atom is 0.246 e. The van der Waals surface area contributed by atoms with Crippen molar-refractivity contribution < 1.29 is 8.42 Å². The van der Waals surface area contributed by atoms with Crippen LogP contribution in [0.3, 0.4) is 0 Å². The number of hydrogen-bond donors (Lipinski definition) is 0. The van der Waals surface area contributed by atoms with Crippen LogP contribution in [0.2, 0.25) is 0 Å². The molecule has 0 saturated carbocycles. The zero-order chi connectivity index (χ0) is 15.3. The zero-order valence-corrected chi connectivity index (χ0v) is 15.1. The van der Waals surface area contributed by atoms with Gasteiger partial charge in [0, 0.05) is 31.6 Å². The Kier molecular flexibility index (Phi) is 4.09. The molecule has 8 heteroatoms. The summed E-state index contributed by atoms with van der Waals surface area (Å²) >= 11 is 4.02. The van der Waals surface area contributed by atoms with Crippen molar-refractivity contribution in [3.8, 4) is 0 Å². The predicted octanol–water partition coefficient (Wildman–Crippen LogP) is 2.00. The molecule has 0 amide bonds. The maximum absolute atomic E-state index is 12.9. The Bertz CT molecular complexity index is 638. The standard InChI is InChI=1S/C13H21N3O2S3/c1-10-12(11(2)15(3)14-10)21(17,18)16-6-4-13(5-7-16)19-8-9-20-13/h4-9H2,1-3H3. The fraction of sp³-hybridized carbons (Fsp3) is 0.769. The van der Waals surface area contributed by atoms with E-state index in [2.05, 4.69) is 5.10 Å². The molecular formula is C13H21N3O2S3. The minimum Gasteiger partial charge on any atom is -0.271 e. The first kappa shape index (κ1) is 15.7. The molecule has 2 saturated heterocycles. The molecule has 2 aliphatic heterocycles. The van der Waals surface area contributed by atoms with Crippen LogP contribution in [0, 0.1) is 13.8 Å². The molecular weight excluding hydrogens is 326 g/mol. The Balaban J connectivity index is 1.83. The van der Waals surface area contributed by atoms with Gasteiger partial charge in [0.2, 0.25) is 10.0 Å². The van der Waals surface area contributed by atoms with E-state index in [0.29, 0.717) is 23.7 Å². The van der Waals surface area contributed by atoms with Gasteiger partial charge in [-0.05, 0) is 26.7 Å². The Labute approximate surface area is 134 Å². The first-order chi connectivity index (χ1) is 9.86. The number of nitrogens with zero attached hydrogens (tertiary/aromatic N) is 3. The molecule has 5 nitrogen and oxygen atoms in total. The molecule has 0 atom stereocenters. The van der Waals surface area contributed by atoms with E-state index < -0.39 is 10.0 Å². The lowest BCUT2D eigenvalue weighted by molar-refractivity contribution is 0.341. The number of piperidine rings is 1. The second-order valence-electron chi connectivity index (χ2n) is 5.64. The molecule has 0 aliphatic carbocycles. The number of hydrogen-bond acceptors (Lipinski definition) is 5. The second kappa shape index (κ2) is 5.47. The molecule has 0 bridgehead atoms. The largest absolute Gasteiger partial charge is 0.271 e. The smallest absolute Gasteiger partial charge is 0.246 e. The van der Waals surface area contributed by atoms with Crippen molar-refractivity contribution in [1.29, 1.82) is 0 Å². The lowest BCUT2D eigenvalue weighted by atomic mass is 10.1. The Morgan fingerprint density at radius 2 is 1.71 bits per heavy atom. The van der Waals surface area contributed by atoms with Crippen LogP contribution in [0.25, 0.3) is 0 Å².